The van der Waals surface area contributed by atoms with Crippen molar-refractivity contribution in [2.24, 2.45) is 40.4 Å². The first kappa shape index (κ1) is 19.6. The Hall–Kier alpha value is -0.340. The molecule has 8 atom stereocenters. The van der Waals surface area contributed by atoms with Crippen LogP contribution in [-0.4, -0.2) is 21.9 Å². The fourth-order valence-corrected chi connectivity index (χ4v) is 8.71. The average Bonchev–Trinajstić information content (AvgIpc) is 3.29. The van der Waals surface area contributed by atoms with E-state index in [1.165, 1.54) is 44.9 Å². The molecule has 0 aromatic heterocycles. The topological polar surface area (TPSA) is 40.5 Å². The molecule has 4 fully saturated rings. The highest BCUT2D eigenvalue weighted by atomic mass is 16.3. The molecule has 5 rings (SSSR count). The number of hydrogen-bond acceptors (Lipinski definition) is 2. The molecule has 28 heavy (non-hydrogen) atoms. The summed E-state index contributed by atoms with van der Waals surface area (Å²) in [5, 5.41) is 20.5. The number of aliphatic hydroxyl groups is 2. The Balaban J connectivity index is 1.33. The molecule has 0 aromatic carbocycles. The molecule has 5 aliphatic carbocycles. The molecule has 4 unspecified atom stereocenters. The molecule has 0 saturated heterocycles. The van der Waals surface area contributed by atoms with Crippen molar-refractivity contribution < 1.29 is 10.2 Å². The molecular weight excluding hydrogens is 344 g/mol. The van der Waals surface area contributed by atoms with E-state index in [-0.39, 0.29) is 11.7 Å². The van der Waals surface area contributed by atoms with Crippen LogP contribution in [0.15, 0.2) is 11.6 Å². The van der Waals surface area contributed by atoms with Gasteiger partial charge in [-0.25, -0.2) is 0 Å². The molecule has 0 aliphatic heterocycles. The van der Waals surface area contributed by atoms with Gasteiger partial charge in [0.25, 0.3) is 0 Å². The maximum atomic E-state index is 10.3. The van der Waals surface area contributed by atoms with Crippen molar-refractivity contribution in [3.05, 3.63) is 11.6 Å². The van der Waals surface area contributed by atoms with E-state index in [1.807, 2.05) is 0 Å². The van der Waals surface area contributed by atoms with E-state index in [4.69, 9.17) is 0 Å². The Morgan fingerprint density at radius 3 is 2.57 bits per heavy atom. The largest absolute Gasteiger partial charge is 0.393 e. The monoisotopic (exact) mass is 386 g/mol. The van der Waals surface area contributed by atoms with Gasteiger partial charge in [0.05, 0.1) is 11.7 Å². The van der Waals surface area contributed by atoms with Gasteiger partial charge in [0.1, 0.15) is 0 Å². The Bertz CT molecular complexity index is 649. The standard InChI is InChI=1S/C26H42O2/c1-17(8-13-26(28)14-15-26)21-6-7-22-20-5-4-18-16-19(27)9-11-24(18,2)23(20)10-12-25(21,22)3/h4,17,19-23,27-28H,5-16H2,1-3H3/t17?,19-,20?,21+,22?,23?,24-,25+/m0/s1. The van der Waals surface area contributed by atoms with Gasteiger partial charge < -0.3 is 10.2 Å². The Kier molecular flexibility index (Phi) is 4.61. The van der Waals surface area contributed by atoms with E-state index < -0.39 is 0 Å². The van der Waals surface area contributed by atoms with Gasteiger partial charge in [0.2, 0.25) is 0 Å². The number of hydrogen-bond donors (Lipinski definition) is 2. The van der Waals surface area contributed by atoms with Gasteiger partial charge in [-0.05, 0) is 117 Å². The normalized spacial score (nSPS) is 50.2. The Morgan fingerprint density at radius 1 is 1.04 bits per heavy atom. The molecule has 0 amide bonds. The van der Waals surface area contributed by atoms with E-state index in [1.54, 1.807) is 5.57 Å². The minimum atomic E-state index is -0.282. The molecule has 0 spiro atoms. The molecule has 158 valence electrons. The molecule has 2 N–H and O–H groups in total. The smallest absolute Gasteiger partial charge is 0.0650 e. The predicted octanol–water partition coefficient (Wildman–Crippen LogP) is 5.87. The van der Waals surface area contributed by atoms with Gasteiger partial charge >= 0.3 is 0 Å². The van der Waals surface area contributed by atoms with Crippen LogP contribution < -0.4 is 0 Å². The highest BCUT2D eigenvalue weighted by molar-refractivity contribution is 5.25. The summed E-state index contributed by atoms with van der Waals surface area (Å²) in [7, 11) is 0. The van der Waals surface area contributed by atoms with Gasteiger partial charge in [-0.1, -0.05) is 32.4 Å². The molecular formula is C26H42O2. The second kappa shape index (κ2) is 6.58. The zero-order valence-corrected chi connectivity index (χ0v) is 18.4. The highest BCUT2D eigenvalue weighted by Crippen LogP contribution is 2.67. The summed E-state index contributed by atoms with van der Waals surface area (Å²) in [5.74, 6) is 4.22. The van der Waals surface area contributed by atoms with Crippen molar-refractivity contribution in [2.45, 2.75) is 110 Å². The molecule has 2 nitrogen and oxygen atoms in total. The minimum absolute atomic E-state index is 0.0947. The summed E-state index contributed by atoms with van der Waals surface area (Å²) in [6.45, 7) is 7.66. The zero-order chi connectivity index (χ0) is 19.7. The lowest BCUT2D eigenvalue weighted by Gasteiger charge is -2.58. The van der Waals surface area contributed by atoms with Crippen LogP contribution in [0.1, 0.15) is 97.8 Å². The van der Waals surface area contributed by atoms with Crippen molar-refractivity contribution in [3.63, 3.8) is 0 Å². The quantitative estimate of drug-likeness (QED) is 0.593. The van der Waals surface area contributed by atoms with Crippen LogP contribution in [0.3, 0.4) is 0 Å². The maximum absolute atomic E-state index is 10.3. The minimum Gasteiger partial charge on any atom is -0.393 e. The molecule has 0 radical (unpaired) electrons. The third kappa shape index (κ3) is 2.96. The predicted molar refractivity (Wildman–Crippen MR) is 114 cm³/mol. The molecule has 0 bridgehead atoms. The third-order valence-corrected chi connectivity index (χ3v) is 10.7. The van der Waals surface area contributed by atoms with Gasteiger partial charge in [0, 0.05) is 0 Å². The van der Waals surface area contributed by atoms with Crippen molar-refractivity contribution in [2.75, 3.05) is 0 Å². The third-order valence-electron chi connectivity index (χ3n) is 10.7. The van der Waals surface area contributed by atoms with E-state index in [0.717, 1.165) is 61.7 Å². The average molecular weight is 387 g/mol. The van der Waals surface area contributed by atoms with Gasteiger partial charge in [-0.3, -0.25) is 0 Å². The molecule has 5 aliphatic rings. The van der Waals surface area contributed by atoms with Crippen LogP contribution in [0.25, 0.3) is 0 Å². The second-order valence-electron chi connectivity index (χ2n) is 12.1. The fourth-order valence-electron chi connectivity index (χ4n) is 8.71. The highest BCUT2D eigenvalue weighted by Gasteiger charge is 2.59. The van der Waals surface area contributed by atoms with Crippen molar-refractivity contribution in [3.8, 4) is 0 Å². The SMILES string of the molecule is CC(CCC1(O)CC1)[C@H]1CCC2C3CC=C4C[C@@H](O)CC[C@]4(C)C3CC[C@@]21C. The molecule has 0 heterocycles. The first-order valence-electron chi connectivity index (χ1n) is 12.4. The van der Waals surface area contributed by atoms with Gasteiger partial charge in [-0.2, -0.15) is 0 Å². The molecule has 2 heteroatoms. The lowest BCUT2D eigenvalue weighted by atomic mass is 9.47. The summed E-state index contributed by atoms with van der Waals surface area (Å²) >= 11 is 0. The van der Waals surface area contributed by atoms with E-state index in [0.29, 0.717) is 10.8 Å². The number of rotatable bonds is 4. The van der Waals surface area contributed by atoms with Crippen LogP contribution in [0.2, 0.25) is 0 Å². The van der Waals surface area contributed by atoms with Crippen molar-refractivity contribution in [1.29, 1.82) is 0 Å². The van der Waals surface area contributed by atoms with E-state index in [9.17, 15) is 10.2 Å². The van der Waals surface area contributed by atoms with Crippen LogP contribution in [-0.2, 0) is 0 Å². The number of allylic oxidation sites excluding steroid dienone is 1. The zero-order valence-electron chi connectivity index (χ0n) is 18.4. The number of fused-ring (bicyclic) bond motifs is 5. The lowest BCUT2D eigenvalue weighted by molar-refractivity contribution is -0.0579. The second-order valence-corrected chi connectivity index (χ2v) is 12.1. The van der Waals surface area contributed by atoms with E-state index >= 15 is 0 Å². The van der Waals surface area contributed by atoms with Crippen LogP contribution in [0, 0.1) is 40.4 Å². The van der Waals surface area contributed by atoms with Gasteiger partial charge in [-0.15, -0.1) is 0 Å². The molecule has 0 aromatic rings. The first-order chi connectivity index (χ1) is 13.3. The summed E-state index contributed by atoms with van der Waals surface area (Å²) < 4.78 is 0. The number of aliphatic hydroxyl groups excluding tert-OH is 1. The van der Waals surface area contributed by atoms with Crippen molar-refractivity contribution >= 4 is 0 Å². The Morgan fingerprint density at radius 2 is 1.82 bits per heavy atom. The fraction of sp³-hybridized carbons (Fsp3) is 0.923. The van der Waals surface area contributed by atoms with Gasteiger partial charge in [0.15, 0.2) is 0 Å². The van der Waals surface area contributed by atoms with Crippen LogP contribution >= 0.6 is 0 Å². The van der Waals surface area contributed by atoms with Crippen molar-refractivity contribution in [1.82, 2.24) is 0 Å². The van der Waals surface area contributed by atoms with Crippen LogP contribution in [0.5, 0.6) is 0 Å². The summed E-state index contributed by atoms with van der Waals surface area (Å²) in [6, 6.07) is 0. The van der Waals surface area contributed by atoms with Crippen LogP contribution in [0.4, 0.5) is 0 Å². The molecule has 4 saturated carbocycles. The Labute approximate surface area is 172 Å². The summed E-state index contributed by atoms with van der Waals surface area (Å²) in [6.07, 6.45) is 16.8. The first-order valence-corrected chi connectivity index (χ1v) is 12.4. The summed E-state index contributed by atoms with van der Waals surface area (Å²) in [4.78, 5) is 0. The maximum Gasteiger partial charge on any atom is 0.0650 e. The van der Waals surface area contributed by atoms with E-state index in [2.05, 4.69) is 26.8 Å². The lowest BCUT2D eigenvalue weighted by Crippen LogP contribution is -2.50. The summed E-state index contributed by atoms with van der Waals surface area (Å²) in [5.41, 5.74) is 2.19.